The first-order chi connectivity index (χ1) is 13.8. The SMILES string of the molecule is CC(C)CN1C(=O)C(C)(C)COc2cc(NC(=O)OCc3ccccc3)ccc21. The van der Waals surface area contributed by atoms with Gasteiger partial charge in [-0.1, -0.05) is 44.2 Å². The van der Waals surface area contributed by atoms with Crippen molar-refractivity contribution in [2.75, 3.05) is 23.4 Å². The number of benzene rings is 2. The van der Waals surface area contributed by atoms with Crippen molar-refractivity contribution in [3.63, 3.8) is 0 Å². The maximum Gasteiger partial charge on any atom is 0.411 e. The fraction of sp³-hybridized carbons (Fsp3) is 0.391. The summed E-state index contributed by atoms with van der Waals surface area (Å²) < 4.78 is 11.2. The van der Waals surface area contributed by atoms with Crippen LogP contribution >= 0.6 is 0 Å². The molecule has 0 saturated carbocycles. The smallest absolute Gasteiger partial charge is 0.411 e. The highest BCUT2D eigenvalue weighted by molar-refractivity contribution is 5.99. The van der Waals surface area contributed by atoms with Crippen LogP contribution in [0.4, 0.5) is 16.2 Å². The highest BCUT2D eigenvalue weighted by Crippen LogP contribution is 2.38. The van der Waals surface area contributed by atoms with Gasteiger partial charge in [0.2, 0.25) is 5.91 Å². The number of carbonyl (C=O) groups excluding carboxylic acids is 2. The van der Waals surface area contributed by atoms with Gasteiger partial charge in [-0.2, -0.15) is 0 Å². The van der Waals surface area contributed by atoms with E-state index < -0.39 is 11.5 Å². The van der Waals surface area contributed by atoms with Crippen molar-refractivity contribution < 1.29 is 19.1 Å². The lowest BCUT2D eigenvalue weighted by Crippen LogP contribution is -2.43. The lowest BCUT2D eigenvalue weighted by atomic mass is 9.92. The van der Waals surface area contributed by atoms with E-state index >= 15 is 0 Å². The number of nitrogens with zero attached hydrogens (tertiary/aromatic N) is 1. The van der Waals surface area contributed by atoms with E-state index in [9.17, 15) is 9.59 Å². The molecular formula is C23H28N2O4. The number of carbonyl (C=O) groups is 2. The van der Waals surface area contributed by atoms with Crippen molar-refractivity contribution in [3.8, 4) is 5.75 Å². The number of ether oxygens (including phenoxy) is 2. The normalized spacial score (nSPS) is 15.3. The molecular weight excluding hydrogens is 368 g/mol. The molecule has 0 aliphatic carbocycles. The van der Waals surface area contributed by atoms with Crippen LogP contribution in [0.5, 0.6) is 5.75 Å². The maximum atomic E-state index is 13.0. The Morgan fingerprint density at radius 1 is 1.21 bits per heavy atom. The van der Waals surface area contributed by atoms with Crippen LogP contribution in [0.25, 0.3) is 0 Å². The highest BCUT2D eigenvalue weighted by Gasteiger charge is 2.38. The molecule has 1 N–H and O–H groups in total. The Labute approximate surface area is 171 Å². The van der Waals surface area contributed by atoms with Gasteiger partial charge in [-0.15, -0.1) is 0 Å². The third-order valence-corrected chi connectivity index (χ3v) is 4.67. The Balaban J connectivity index is 1.75. The van der Waals surface area contributed by atoms with Gasteiger partial charge in [-0.05, 0) is 37.5 Å². The topological polar surface area (TPSA) is 67.9 Å². The maximum absolute atomic E-state index is 13.0. The van der Waals surface area contributed by atoms with E-state index in [0.717, 1.165) is 11.3 Å². The van der Waals surface area contributed by atoms with Crippen LogP contribution in [-0.4, -0.2) is 25.2 Å². The highest BCUT2D eigenvalue weighted by atomic mass is 16.5. The molecule has 0 bridgehead atoms. The molecule has 29 heavy (non-hydrogen) atoms. The van der Waals surface area contributed by atoms with Crippen LogP contribution in [-0.2, 0) is 16.1 Å². The summed E-state index contributed by atoms with van der Waals surface area (Å²) in [5.41, 5.74) is 1.56. The summed E-state index contributed by atoms with van der Waals surface area (Å²) in [4.78, 5) is 26.9. The summed E-state index contributed by atoms with van der Waals surface area (Å²) in [6, 6.07) is 14.8. The second kappa shape index (κ2) is 8.55. The van der Waals surface area contributed by atoms with Crippen molar-refractivity contribution >= 4 is 23.4 Å². The average molecular weight is 396 g/mol. The zero-order chi connectivity index (χ0) is 21.0. The third kappa shape index (κ3) is 5.08. The van der Waals surface area contributed by atoms with Gasteiger partial charge in [-0.25, -0.2) is 4.79 Å². The molecule has 1 heterocycles. The van der Waals surface area contributed by atoms with E-state index in [2.05, 4.69) is 19.2 Å². The first-order valence-electron chi connectivity index (χ1n) is 9.83. The summed E-state index contributed by atoms with van der Waals surface area (Å²) in [5.74, 6) is 0.921. The Morgan fingerprint density at radius 3 is 2.62 bits per heavy atom. The van der Waals surface area contributed by atoms with Gasteiger partial charge in [0.25, 0.3) is 0 Å². The molecule has 154 valence electrons. The second-order valence-corrected chi connectivity index (χ2v) is 8.35. The molecule has 6 heteroatoms. The molecule has 1 aliphatic heterocycles. The minimum absolute atomic E-state index is 0.0351. The van der Waals surface area contributed by atoms with Crippen LogP contribution in [0.3, 0.4) is 0 Å². The number of nitrogens with one attached hydrogen (secondary N) is 1. The lowest BCUT2D eigenvalue weighted by molar-refractivity contribution is -0.127. The summed E-state index contributed by atoms with van der Waals surface area (Å²) in [5, 5.41) is 2.73. The first-order valence-corrected chi connectivity index (χ1v) is 9.83. The number of amides is 2. The largest absolute Gasteiger partial charge is 0.490 e. The number of anilines is 2. The van der Waals surface area contributed by atoms with Crippen molar-refractivity contribution in [3.05, 3.63) is 54.1 Å². The third-order valence-electron chi connectivity index (χ3n) is 4.67. The molecule has 1 aliphatic rings. The zero-order valence-electron chi connectivity index (χ0n) is 17.4. The average Bonchev–Trinajstić information content (AvgIpc) is 2.77. The molecule has 2 aromatic rings. The number of hydrogen-bond acceptors (Lipinski definition) is 4. The van der Waals surface area contributed by atoms with Crippen molar-refractivity contribution in [1.29, 1.82) is 0 Å². The van der Waals surface area contributed by atoms with E-state index in [-0.39, 0.29) is 19.1 Å². The molecule has 0 saturated heterocycles. The van der Waals surface area contributed by atoms with E-state index in [1.54, 1.807) is 17.0 Å². The van der Waals surface area contributed by atoms with Crippen molar-refractivity contribution in [2.45, 2.75) is 34.3 Å². The molecule has 6 nitrogen and oxygen atoms in total. The molecule has 3 rings (SSSR count). The van der Waals surface area contributed by atoms with E-state index in [1.807, 2.05) is 50.2 Å². The Kier molecular flexibility index (Phi) is 6.11. The monoisotopic (exact) mass is 396 g/mol. The fourth-order valence-electron chi connectivity index (χ4n) is 3.15. The molecule has 0 spiro atoms. The van der Waals surface area contributed by atoms with Gasteiger partial charge in [0.05, 0.1) is 11.1 Å². The Bertz CT molecular complexity index is 878. The number of fused-ring (bicyclic) bond motifs is 1. The molecule has 0 fully saturated rings. The molecule has 0 atom stereocenters. The molecule has 0 radical (unpaired) electrons. The Hall–Kier alpha value is -3.02. The van der Waals surface area contributed by atoms with Crippen LogP contribution in [0.1, 0.15) is 33.3 Å². The minimum Gasteiger partial charge on any atom is -0.490 e. The standard InChI is InChI=1S/C23H28N2O4/c1-16(2)13-25-19-11-10-18(12-20(19)29-15-23(3,4)21(25)26)24-22(27)28-14-17-8-6-5-7-9-17/h5-12,16H,13-15H2,1-4H3,(H,24,27). The van der Waals surface area contributed by atoms with Gasteiger partial charge in [0.15, 0.2) is 0 Å². The quantitative estimate of drug-likeness (QED) is 0.785. The molecule has 2 amide bonds. The van der Waals surface area contributed by atoms with Gasteiger partial charge in [0, 0.05) is 18.3 Å². The summed E-state index contributed by atoms with van der Waals surface area (Å²) in [6.07, 6.45) is -0.544. The van der Waals surface area contributed by atoms with Crippen molar-refractivity contribution in [2.24, 2.45) is 11.3 Å². The van der Waals surface area contributed by atoms with Crippen LogP contribution in [0.15, 0.2) is 48.5 Å². The Morgan fingerprint density at radius 2 is 1.93 bits per heavy atom. The predicted molar refractivity (Wildman–Crippen MR) is 113 cm³/mol. The second-order valence-electron chi connectivity index (χ2n) is 8.35. The van der Waals surface area contributed by atoms with Crippen LogP contribution in [0, 0.1) is 11.3 Å². The number of hydrogen-bond donors (Lipinski definition) is 1. The fourth-order valence-corrected chi connectivity index (χ4v) is 3.15. The number of rotatable bonds is 5. The zero-order valence-corrected chi connectivity index (χ0v) is 17.4. The van der Waals surface area contributed by atoms with Gasteiger partial charge >= 0.3 is 6.09 Å². The molecule has 2 aromatic carbocycles. The van der Waals surface area contributed by atoms with Gasteiger partial charge in [0.1, 0.15) is 19.0 Å². The predicted octanol–water partition coefficient (Wildman–Crippen LogP) is 4.84. The lowest BCUT2D eigenvalue weighted by Gasteiger charge is -2.29. The van der Waals surface area contributed by atoms with Gasteiger partial charge < -0.3 is 14.4 Å². The van der Waals surface area contributed by atoms with Crippen LogP contribution < -0.4 is 15.0 Å². The van der Waals surface area contributed by atoms with E-state index in [4.69, 9.17) is 9.47 Å². The minimum atomic E-state index is -0.629. The molecule has 0 unspecified atom stereocenters. The summed E-state index contributed by atoms with van der Waals surface area (Å²) in [7, 11) is 0. The van der Waals surface area contributed by atoms with Crippen molar-refractivity contribution in [1.82, 2.24) is 0 Å². The summed E-state index contributed by atoms with van der Waals surface area (Å²) in [6.45, 7) is 8.98. The first kappa shape index (κ1) is 20.7. The summed E-state index contributed by atoms with van der Waals surface area (Å²) >= 11 is 0. The van der Waals surface area contributed by atoms with E-state index in [0.29, 0.717) is 23.9 Å². The molecule has 0 aromatic heterocycles. The van der Waals surface area contributed by atoms with Gasteiger partial charge in [-0.3, -0.25) is 10.1 Å². The van der Waals surface area contributed by atoms with Crippen LogP contribution in [0.2, 0.25) is 0 Å². The van der Waals surface area contributed by atoms with E-state index in [1.165, 1.54) is 0 Å².